The quantitative estimate of drug-likeness (QED) is 0.305. The number of hydrogen-bond acceptors (Lipinski definition) is 6. The van der Waals surface area contributed by atoms with E-state index in [9.17, 15) is 9.59 Å². The maximum absolute atomic E-state index is 11.4. The van der Waals surface area contributed by atoms with Gasteiger partial charge in [0.2, 0.25) is 0 Å². The van der Waals surface area contributed by atoms with Crippen LogP contribution in [0.5, 0.6) is 11.5 Å². The van der Waals surface area contributed by atoms with Crippen LogP contribution in [0.2, 0.25) is 0 Å². The van der Waals surface area contributed by atoms with Gasteiger partial charge in [0, 0.05) is 23.2 Å². The van der Waals surface area contributed by atoms with Crippen LogP contribution >= 0.6 is 0 Å². The summed E-state index contributed by atoms with van der Waals surface area (Å²) in [6.07, 6.45) is 3.46. The number of aromatic carboxylic acids is 1. The van der Waals surface area contributed by atoms with Crippen LogP contribution in [0.3, 0.4) is 0 Å². The first-order chi connectivity index (χ1) is 14.0. The van der Waals surface area contributed by atoms with Crippen LogP contribution in [-0.4, -0.2) is 53.8 Å². The number of rotatable bonds is 4. The van der Waals surface area contributed by atoms with Crippen LogP contribution in [0.4, 0.5) is 0 Å². The average molecular weight is 453 g/mol. The van der Waals surface area contributed by atoms with Gasteiger partial charge in [-0.1, -0.05) is 0 Å². The Bertz CT molecular complexity index is 1180. The molecular weight excluding hydrogens is 431 g/mol. The Morgan fingerprint density at radius 1 is 0.774 bits per heavy atom. The molecule has 9 nitrogen and oxygen atoms in total. The SMILES string of the molecule is COC(=O)c1ccc(OC)c2[nH]ccc12.COc1ccc(C(=O)O)c2cc[nH]c12.[K+].[OH-]. The van der Waals surface area contributed by atoms with Crippen molar-refractivity contribution in [3.8, 4) is 11.5 Å². The van der Waals surface area contributed by atoms with E-state index in [4.69, 9.17) is 19.3 Å². The van der Waals surface area contributed by atoms with Crippen LogP contribution in [0.15, 0.2) is 48.8 Å². The first-order valence-electron chi connectivity index (χ1n) is 8.61. The van der Waals surface area contributed by atoms with Crippen molar-refractivity contribution in [1.82, 2.24) is 9.97 Å². The molecule has 0 amide bonds. The Kier molecular flexibility index (Phi) is 10.2. The molecule has 4 aromatic rings. The Morgan fingerprint density at radius 2 is 1.23 bits per heavy atom. The van der Waals surface area contributed by atoms with E-state index in [1.54, 1.807) is 50.9 Å². The minimum Gasteiger partial charge on any atom is -0.870 e. The third-order valence-corrected chi connectivity index (χ3v) is 4.45. The molecule has 0 fully saturated rings. The normalized spacial score (nSPS) is 9.65. The summed E-state index contributed by atoms with van der Waals surface area (Å²) in [4.78, 5) is 28.3. The fourth-order valence-corrected chi connectivity index (χ4v) is 3.07. The number of aromatic amines is 2. The predicted octanol–water partition coefficient (Wildman–Crippen LogP) is 0.665. The fraction of sp³-hybridized carbons (Fsp3) is 0.143. The Hall–Kier alpha value is -2.34. The Labute approximate surface area is 220 Å². The van der Waals surface area contributed by atoms with Crippen molar-refractivity contribution < 1.29 is 85.8 Å². The van der Waals surface area contributed by atoms with Crippen LogP contribution in [0.1, 0.15) is 20.7 Å². The maximum Gasteiger partial charge on any atom is 1.00 e. The number of H-pyrrole nitrogens is 2. The van der Waals surface area contributed by atoms with Crippen molar-refractivity contribution in [3.63, 3.8) is 0 Å². The van der Waals surface area contributed by atoms with Crippen molar-refractivity contribution in [2.75, 3.05) is 21.3 Å². The van der Waals surface area contributed by atoms with Crippen LogP contribution in [0, 0.1) is 0 Å². The van der Waals surface area contributed by atoms with Crippen molar-refractivity contribution in [2.45, 2.75) is 0 Å². The third kappa shape index (κ3) is 5.48. The van der Waals surface area contributed by atoms with Crippen LogP contribution in [0.25, 0.3) is 21.8 Å². The van der Waals surface area contributed by atoms with E-state index in [2.05, 4.69) is 9.97 Å². The van der Waals surface area contributed by atoms with Crippen molar-refractivity contribution in [1.29, 1.82) is 0 Å². The number of nitrogens with one attached hydrogen (secondary N) is 2. The second kappa shape index (κ2) is 11.9. The number of carbonyl (C=O) groups excluding carboxylic acids is 1. The van der Waals surface area contributed by atoms with Crippen LogP contribution in [-0.2, 0) is 4.74 Å². The van der Waals surface area contributed by atoms with E-state index in [-0.39, 0.29) is 68.4 Å². The summed E-state index contributed by atoms with van der Waals surface area (Å²) in [6, 6.07) is 10.2. The van der Waals surface area contributed by atoms with E-state index < -0.39 is 5.97 Å². The summed E-state index contributed by atoms with van der Waals surface area (Å²) < 4.78 is 15.0. The molecule has 0 aliphatic heterocycles. The molecule has 0 atom stereocenters. The Morgan fingerprint density at radius 3 is 1.65 bits per heavy atom. The molecule has 2 aromatic carbocycles. The molecule has 10 heteroatoms. The zero-order chi connectivity index (χ0) is 21.0. The van der Waals surface area contributed by atoms with Gasteiger partial charge in [-0.15, -0.1) is 0 Å². The predicted molar refractivity (Wildman–Crippen MR) is 110 cm³/mol. The van der Waals surface area contributed by atoms with Crippen molar-refractivity contribution in [3.05, 3.63) is 59.9 Å². The van der Waals surface area contributed by atoms with Gasteiger partial charge in [-0.25, -0.2) is 9.59 Å². The van der Waals surface area contributed by atoms with E-state index >= 15 is 0 Å². The summed E-state index contributed by atoms with van der Waals surface area (Å²) in [6.45, 7) is 0. The first kappa shape index (κ1) is 26.7. The molecule has 0 aliphatic carbocycles. The molecule has 0 radical (unpaired) electrons. The Balaban J connectivity index is 0.000000292. The topological polar surface area (TPSA) is 144 Å². The summed E-state index contributed by atoms with van der Waals surface area (Å²) in [5, 5.41) is 10.4. The van der Waals surface area contributed by atoms with Crippen LogP contribution < -0.4 is 60.9 Å². The summed E-state index contributed by atoms with van der Waals surface area (Å²) in [7, 11) is 4.51. The molecule has 0 unspecified atom stereocenters. The molecule has 4 rings (SSSR count). The second-order valence-electron chi connectivity index (χ2n) is 5.96. The number of ether oxygens (including phenoxy) is 3. The zero-order valence-electron chi connectivity index (χ0n) is 17.6. The summed E-state index contributed by atoms with van der Waals surface area (Å²) in [5.74, 6) is 0.0807. The number of carboxylic acid groups (broad SMARTS) is 1. The van der Waals surface area contributed by atoms with Gasteiger partial charge in [-0.05, 0) is 36.4 Å². The number of fused-ring (bicyclic) bond motifs is 2. The van der Waals surface area contributed by atoms with Gasteiger partial charge >= 0.3 is 63.3 Å². The maximum atomic E-state index is 11.4. The number of carboxylic acids is 1. The molecular formula is C21H21KN2O7. The molecule has 2 aromatic heterocycles. The first-order valence-corrected chi connectivity index (χ1v) is 8.61. The van der Waals surface area contributed by atoms with Gasteiger partial charge < -0.3 is 34.8 Å². The second-order valence-corrected chi connectivity index (χ2v) is 5.96. The van der Waals surface area contributed by atoms with Gasteiger partial charge in [0.1, 0.15) is 11.5 Å². The number of aromatic nitrogens is 2. The van der Waals surface area contributed by atoms with Crippen molar-refractivity contribution >= 4 is 33.7 Å². The molecule has 31 heavy (non-hydrogen) atoms. The molecule has 0 saturated heterocycles. The van der Waals surface area contributed by atoms with E-state index in [1.807, 2.05) is 6.07 Å². The molecule has 158 valence electrons. The molecule has 2 heterocycles. The van der Waals surface area contributed by atoms with Gasteiger partial charge in [0.05, 0.1) is 43.5 Å². The van der Waals surface area contributed by atoms with E-state index in [0.717, 1.165) is 10.9 Å². The molecule has 0 bridgehead atoms. The minimum atomic E-state index is -0.933. The standard InChI is InChI=1S/C11H11NO3.C10H9NO3.K.H2O/c1-14-9-4-3-8(11(13)15-2)7-5-6-12-10(7)9;1-14-8-3-2-7(10(12)13)6-4-5-11-9(6)8;;/h3-6,12H,1-2H3;2-5,11H,1H3,(H,12,13);;1H2/q;;+1;/p-1. The molecule has 4 N–H and O–H groups in total. The smallest absolute Gasteiger partial charge is 0.870 e. The monoisotopic (exact) mass is 452 g/mol. The molecule has 0 spiro atoms. The third-order valence-electron chi connectivity index (χ3n) is 4.45. The number of methoxy groups -OCH3 is 3. The van der Waals surface area contributed by atoms with Gasteiger partial charge in [0.15, 0.2) is 0 Å². The number of hydrogen-bond donors (Lipinski definition) is 3. The molecule has 0 aliphatic rings. The number of benzene rings is 2. The van der Waals surface area contributed by atoms with Gasteiger partial charge in [0.25, 0.3) is 0 Å². The van der Waals surface area contributed by atoms with E-state index in [0.29, 0.717) is 28.0 Å². The fourth-order valence-electron chi connectivity index (χ4n) is 3.07. The van der Waals surface area contributed by atoms with Gasteiger partial charge in [-0.3, -0.25) is 0 Å². The number of carbonyl (C=O) groups is 2. The number of esters is 1. The summed E-state index contributed by atoms with van der Waals surface area (Å²) in [5.41, 5.74) is 2.34. The minimum absolute atomic E-state index is 0. The van der Waals surface area contributed by atoms with Gasteiger partial charge in [-0.2, -0.15) is 0 Å². The summed E-state index contributed by atoms with van der Waals surface area (Å²) >= 11 is 0. The average Bonchev–Trinajstić information content (AvgIpc) is 3.41. The van der Waals surface area contributed by atoms with E-state index in [1.165, 1.54) is 13.2 Å². The molecule has 0 saturated carbocycles. The largest absolute Gasteiger partial charge is 1.00 e. The van der Waals surface area contributed by atoms with Crippen molar-refractivity contribution in [2.24, 2.45) is 0 Å². The zero-order valence-corrected chi connectivity index (χ0v) is 20.7.